The van der Waals surface area contributed by atoms with Crippen LogP contribution in [0.3, 0.4) is 0 Å². The number of nitriles is 1. The van der Waals surface area contributed by atoms with Crippen LogP contribution >= 0.6 is 11.6 Å². The zero-order valence-corrected chi connectivity index (χ0v) is 14.5. The molecule has 7 nitrogen and oxygen atoms in total. The molecule has 1 amide bonds. The van der Waals surface area contributed by atoms with Crippen molar-refractivity contribution in [3.8, 4) is 6.07 Å². The maximum Gasteiger partial charge on any atom is 0.412 e. The van der Waals surface area contributed by atoms with Crippen molar-refractivity contribution in [1.29, 1.82) is 5.26 Å². The zero-order valence-electron chi connectivity index (χ0n) is 13.7. The monoisotopic (exact) mass is 352 g/mol. The number of carbonyl (C=O) groups excluding carboxylic acids is 3. The van der Waals surface area contributed by atoms with E-state index in [9.17, 15) is 14.4 Å². The van der Waals surface area contributed by atoms with Crippen LogP contribution in [0.15, 0.2) is 12.1 Å². The Hall–Kier alpha value is -2.59. The number of nitrogens with zero attached hydrogens (tertiary/aromatic N) is 1. The number of Topliss-reactive ketones (excluding diaryl/α,β-unsaturated/α-hetero) is 1. The summed E-state index contributed by atoms with van der Waals surface area (Å²) in [4.78, 5) is 34.7. The van der Waals surface area contributed by atoms with Gasteiger partial charge in [0.15, 0.2) is 6.61 Å². The van der Waals surface area contributed by atoms with Gasteiger partial charge >= 0.3 is 12.1 Å². The van der Waals surface area contributed by atoms with Crippen molar-refractivity contribution < 1.29 is 23.9 Å². The Morgan fingerprint density at radius 1 is 1.29 bits per heavy atom. The number of carbonyl (C=O) groups is 3. The number of hydrogen-bond acceptors (Lipinski definition) is 6. The van der Waals surface area contributed by atoms with Crippen LogP contribution in [0.4, 0.5) is 10.5 Å². The van der Waals surface area contributed by atoms with E-state index < -0.39 is 30.1 Å². The number of anilines is 1. The molecule has 8 heteroatoms. The lowest BCUT2D eigenvalue weighted by Crippen LogP contribution is -2.27. The Morgan fingerprint density at radius 3 is 2.42 bits per heavy atom. The highest BCUT2D eigenvalue weighted by atomic mass is 35.5. The standard InChI is InChI=1S/C16H17ClN2O5/c1-9(20)23-8-13(21)11-5-10(7-18)6-12(14(11)17)19-15(22)24-16(2,3)4/h5-6H,8H2,1-4H3,(H,19,22). The lowest BCUT2D eigenvalue weighted by atomic mass is 10.1. The van der Waals surface area contributed by atoms with E-state index in [0.717, 1.165) is 6.92 Å². The minimum Gasteiger partial charge on any atom is -0.457 e. The van der Waals surface area contributed by atoms with Crippen molar-refractivity contribution in [2.45, 2.75) is 33.3 Å². The first kappa shape index (κ1) is 19.5. The minimum atomic E-state index is -0.780. The number of ether oxygens (including phenoxy) is 2. The molecule has 0 spiro atoms. The van der Waals surface area contributed by atoms with Gasteiger partial charge in [-0.25, -0.2) is 4.79 Å². The molecule has 0 saturated carbocycles. The smallest absolute Gasteiger partial charge is 0.412 e. The highest BCUT2D eigenvalue weighted by Gasteiger charge is 2.21. The number of nitrogens with one attached hydrogen (secondary N) is 1. The van der Waals surface area contributed by atoms with Gasteiger partial charge in [-0.15, -0.1) is 0 Å². The Kier molecular flexibility index (Phi) is 6.32. The van der Waals surface area contributed by atoms with E-state index in [1.54, 1.807) is 20.8 Å². The lowest BCUT2D eigenvalue weighted by Gasteiger charge is -2.20. The van der Waals surface area contributed by atoms with Gasteiger partial charge in [0.05, 0.1) is 22.3 Å². The third-order valence-electron chi connectivity index (χ3n) is 2.54. The second-order valence-corrected chi connectivity index (χ2v) is 6.21. The van der Waals surface area contributed by atoms with Gasteiger partial charge in [-0.2, -0.15) is 5.26 Å². The predicted octanol–water partition coefficient (Wildman–Crippen LogP) is 3.30. The molecule has 0 aliphatic heterocycles. The van der Waals surface area contributed by atoms with Gasteiger partial charge in [0.2, 0.25) is 5.78 Å². The fourth-order valence-corrected chi connectivity index (χ4v) is 1.90. The van der Waals surface area contributed by atoms with Gasteiger partial charge in [-0.3, -0.25) is 14.9 Å². The normalized spacial score (nSPS) is 10.5. The largest absolute Gasteiger partial charge is 0.457 e. The van der Waals surface area contributed by atoms with Crippen LogP contribution in [0.5, 0.6) is 0 Å². The molecular weight excluding hydrogens is 336 g/mol. The van der Waals surface area contributed by atoms with Crippen molar-refractivity contribution >= 4 is 35.1 Å². The van der Waals surface area contributed by atoms with Crippen LogP contribution < -0.4 is 5.32 Å². The van der Waals surface area contributed by atoms with Crippen LogP contribution in [-0.2, 0) is 14.3 Å². The van der Waals surface area contributed by atoms with Crippen molar-refractivity contribution in [2.24, 2.45) is 0 Å². The second-order valence-electron chi connectivity index (χ2n) is 5.83. The topological polar surface area (TPSA) is 105 Å². The first-order chi connectivity index (χ1) is 11.0. The lowest BCUT2D eigenvalue weighted by molar-refractivity contribution is -0.139. The third kappa shape index (κ3) is 5.89. The molecule has 0 aromatic heterocycles. The molecule has 0 atom stereocenters. The van der Waals surface area contributed by atoms with Gasteiger partial charge in [0.25, 0.3) is 0 Å². The summed E-state index contributed by atoms with van der Waals surface area (Å²) in [7, 11) is 0. The first-order valence-electron chi connectivity index (χ1n) is 6.93. The summed E-state index contributed by atoms with van der Waals surface area (Å²) in [5.41, 5.74) is -0.604. The molecule has 0 saturated heterocycles. The predicted molar refractivity (Wildman–Crippen MR) is 87.0 cm³/mol. The Bertz CT molecular complexity index is 716. The quantitative estimate of drug-likeness (QED) is 0.658. The molecule has 0 radical (unpaired) electrons. The van der Waals surface area contributed by atoms with Gasteiger partial charge in [0, 0.05) is 12.5 Å². The highest BCUT2D eigenvalue weighted by molar-refractivity contribution is 6.37. The number of halogens is 1. The van der Waals surface area contributed by atoms with Gasteiger partial charge in [-0.05, 0) is 32.9 Å². The highest BCUT2D eigenvalue weighted by Crippen LogP contribution is 2.29. The SMILES string of the molecule is CC(=O)OCC(=O)c1cc(C#N)cc(NC(=O)OC(C)(C)C)c1Cl. The maximum absolute atomic E-state index is 12.1. The molecule has 0 unspecified atom stereocenters. The maximum atomic E-state index is 12.1. The number of rotatable bonds is 4. The second kappa shape index (κ2) is 7.79. The summed E-state index contributed by atoms with van der Waals surface area (Å²) >= 11 is 6.12. The van der Waals surface area contributed by atoms with Crippen LogP contribution in [-0.4, -0.2) is 30.1 Å². The van der Waals surface area contributed by atoms with Crippen molar-refractivity contribution in [1.82, 2.24) is 0 Å². The number of ketones is 1. The molecule has 0 fully saturated rings. The van der Waals surface area contributed by atoms with E-state index in [1.807, 2.05) is 6.07 Å². The van der Waals surface area contributed by atoms with Crippen molar-refractivity contribution in [3.63, 3.8) is 0 Å². The van der Waals surface area contributed by atoms with E-state index >= 15 is 0 Å². The van der Waals surface area contributed by atoms with E-state index in [2.05, 4.69) is 10.1 Å². The third-order valence-corrected chi connectivity index (χ3v) is 2.95. The molecule has 24 heavy (non-hydrogen) atoms. The number of amides is 1. The molecule has 0 aliphatic rings. The molecule has 0 bridgehead atoms. The molecule has 1 aromatic rings. The average Bonchev–Trinajstić information content (AvgIpc) is 2.44. The average molecular weight is 353 g/mol. The summed E-state index contributed by atoms with van der Waals surface area (Å²) in [6, 6.07) is 4.44. The van der Waals surface area contributed by atoms with E-state index in [1.165, 1.54) is 12.1 Å². The molecule has 1 aromatic carbocycles. The summed E-state index contributed by atoms with van der Waals surface area (Å²) in [5, 5.41) is 11.4. The summed E-state index contributed by atoms with van der Waals surface area (Å²) in [6.07, 6.45) is -0.780. The summed E-state index contributed by atoms with van der Waals surface area (Å²) in [6.45, 7) is 5.71. The van der Waals surface area contributed by atoms with Crippen molar-refractivity contribution in [2.75, 3.05) is 11.9 Å². The fraction of sp³-hybridized carbons (Fsp3) is 0.375. The molecule has 1 rings (SSSR count). The Balaban J connectivity index is 3.12. The minimum absolute atomic E-state index is 0.0389. The van der Waals surface area contributed by atoms with Crippen LogP contribution in [0.1, 0.15) is 43.6 Å². The number of hydrogen-bond donors (Lipinski definition) is 1. The van der Waals surface area contributed by atoms with E-state index in [0.29, 0.717) is 0 Å². The number of benzene rings is 1. The fourth-order valence-electron chi connectivity index (χ4n) is 1.64. The molecule has 128 valence electrons. The molecule has 0 aliphatic carbocycles. The van der Waals surface area contributed by atoms with E-state index in [-0.39, 0.29) is 21.8 Å². The molecule has 0 heterocycles. The van der Waals surface area contributed by atoms with Gasteiger partial charge in [-0.1, -0.05) is 11.6 Å². The molecular formula is C16H17ClN2O5. The van der Waals surface area contributed by atoms with Gasteiger partial charge in [0.1, 0.15) is 5.60 Å². The van der Waals surface area contributed by atoms with Crippen LogP contribution in [0.2, 0.25) is 5.02 Å². The van der Waals surface area contributed by atoms with Gasteiger partial charge < -0.3 is 9.47 Å². The summed E-state index contributed by atoms with van der Waals surface area (Å²) < 4.78 is 9.73. The van der Waals surface area contributed by atoms with Crippen LogP contribution in [0, 0.1) is 11.3 Å². The first-order valence-corrected chi connectivity index (χ1v) is 7.31. The Morgan fingerprint density at radius 2 is 1.92 bits per heavy atom. The van der Waals surface area contributed by atoms with E-state index in [4.69, 9.17) is 21.6 Å². The van der Waals surface area contributed by atoms with Crippen LogP contribution in [0.25, 0.3) is 0 Å². The van der Waals surface area contributed by atoms with Crippen molar-refractivity contribution in [3.05, 3.63) is 28.3 Å². The molecule has 1 N–H and O–H groups in total. The Labute approximate surface area is 144 Å². The summed E-state index contributed by atoms with van der Waals surface area (Å²) in [5.74, 6) is -1.22. The number of esters is 1. The zero-order chi connectivity index (χ0) is 18.5.